The van der Waals surface area contributed by atoms with Gasteiger partial charge < -0.3 is 9.47 Å². The summed E-state index contributed by atoms with van der Waals surface area (Å²) < 4.78 is 10.0. The summed E-state index contributed by atoms with van der Waals surface area (Å²) in [6.07, 6.45) is 0. The second-order valence-corrected chi connectivity index (χ2v) is 3.48. The summed E-state index contributed by atoms with van der Waals surface area (Å²) in [6, 6.07) is 7.76. The van der Waals surface area contributed by atoms with Crippen molar-refractivity contribution in [2.45, 2.75) is 19.8 Å². The molecule has 3 heteroatoms. The van der Waals surface area contributed by atoms with Crippen LogP contribution in [0.25, 0.3) is 0 Å². The van der Waals surface area contributed by atoms with E-state index in [0.29, 0.717) is 6.61 Å². The Morgan fingerprint density at radius 2 is 1.93 bits per heavy atom. The van der Waals surface area contributed by atoms with Gasteiger partial charge in [-0.2, -0.15) is 0 Å². The third-order valence-corrected chi connectivity index (χ3v) is 2.22. The summed E-state index contributed by atoms with van der Waals surface area (Å²) in [5, 5.41) is 0. The number of methoxy groups -OCH3 is 1. The lowest BCUT2D eigenvalue weighted by atomic mass is 10.0. The van der Waals surface area contributed by atoms with Crippen LogP contribution in [0.15, 0.2) is 24.3 Å². The molecular formula is C12H16O3. The molecule has 0 aromatic heterocycles. The van der Waals surface area contributed by atoms with E-state index >= 15 is 0 Å². The number of hydrogen-bond acceptors (Lipinski definition) is 3. The first kappa shape index (κ1) is 11.6. The molecule has 0 unspecified atom stereocenters. The monoisotopic (exact) mass is 208 g/mol. The van der Waals surface area contributed by atoms with Crippen molar-refractivity contribution in [1.29, 1.82) is 0 Å². The van der Waals surface area contributed by atoms with E-state index in [2.05, 4.69) is 0 Å². The van der Waals surface area contributed by atoms with Crippen LogP contribution in [0.2, 0.25) is 0 Å². The molecule has 1 aromatic carbocycles. The van der Waals surface area contributed by atoms with Crippen LogP contribution in [0.3, 0.4) is 0 Å². The Kier molecular flexibility index (Phi) is 4.16. The zero-order chi connectivity index (χ0) is 11.3. The molecule has 0 saturated carbocycles. The summed E-state index contributed by atoms with van der Waals surface area (Å²) in [6.45, 7) is 3.85. The van der Waals surface area contributed by atoms with Crippen molar-refractivity contribution < 1.29 is 14.3 Å². The number of ether oxygens (including phenoxy) is 2. The quantitative estimate of drug-likeness (QED) is 0.712. The van der Waals surface area contributed by atoms with Crippen molar-refractivity contribution in [3.8, 4) is 5.75 Å². The molecule has 1 rings (SSSR count). The van der Waals surface area contributed by atoms with E-state index < -0.39 is 0 Å². The van der Waals surface area contributed by atoms with E-state index in [1.165, 1.54) is 6.92 Å². The molecule has 3 nitrogen and oxygen atoms in total. The zero-order valence-corrected chi connectivity index (χ0v) is 9.32. The van der Waals surface area contributed by atoms with E-state index in [0.717, 1.165) is 11.3 Å². The smallest absolute Gasteiger partial charge is 0.302 e. The lowest BCUT2D eigenvalue weighted by Crippen LogP contribution is -2.07. The first-order chi connectivity index (χ1) is 7.13. The van der Waals surface area contributed by atoms with Gasteiger partial charge in [0.2, 0.25) is 0 Å². The van der Waals surface area contributed by atoms with Crippen LogP contribution in [0.5, 0.6) is 5.75 Å². The molecular weight excluding hydrogens is 192 g/mol. The minimum atomic E-state index is -0.240. The number of esters is 1. The highest BCUT2D eigenvalue weighted by Gasteiger charge is 2.07. The topological polar surface area (TPSA) is 35.5 Å². The SMILES string of the molecule is COc1ccc([C@@H](C)COC(C)=O)cc1. The molecule has 0 aliphatic carbocycles. The minimum Gasteiger partial charge on any atom is -0.497 e. The van der Waals surface area contributed by atoms with Crippen molar-refractivity contribution in [3.63, 3.8) is 0 Å². The summed E-state index contributed by atoms with van der Waals surface area (Å²) in [4.78, 5) is 10.6. The Hall–Kier alpha value is -1.51. The molecule has 0 bridgehead atoms. The largest absolute Gasteiger partial charge is 0.497 e. The molecule has 0 heterocycles. The average Bonchev–Trinajstić information content (AvgIpc) is 2.26. The minimum absolute atomic E-state index is 0.208. The average molecular weight is 208 g/mol. The van der Waals surface area contributed by atoms with E-state index in [1.54, 1.807) is 7.11 Å². The standard InChI is InChI=1S/C12H16O3/c1-9(8-15-10(2)13)11-4-6-12(14-3)7-5-11/h4-7,9H,8H2,1-3H3/t9-/m0/s1. The first-order valence-electron chi connectivity index (χ1n) is 4.90. The molecule has 82 valence electrons. The third-order valence-electron chi connectivity index (χ3n) is 2.22. The molecule has 0 fully saturated rings. The van der Waals surface area contributed by atoms with Crippen LogP contribution in [-0.2, 0) is 9.53 Å². The van der Waals surface area contributed by atoms with Crippen molar-refractivity contribution in [1.82, 2.24) is 0 Å². The van der Waals surface area contributed by atoms with Crippen LogP contribution < -0.4 is 4.74 Å². The van der Waals surface area contributed by atoms with Gasteiger partial charge in [0.05, 0.1) is 13.7 Å². The van der Waals surface area contributed by atoms with Crippen molar-refractivity contribution >= 4 is 5.97 Å². The fourth-order valence-electron chi connectivity index (χ4n) is 1.27. The number of carbonyl (C=O) groups excluding carboxylic acids is 1. The van der Waals surface area contributed by atoms with Gasteiger partial charge >= 0.3 is 5.97 Å². The number of benzene rings is 1. The number of carbonyl (C=O) groups is 1. The molecule has 15 heavy (non-hydrogen) atoms. The van der Waals surface area contributed by atoms with E-state index in [-0.39, 0.29) is 11.9 Å². The lowest BCUT2D eigenvalue weighted by Gasteiger charge is -2.11. The Labute approximate surface area is 90.0 Å². The lowest BCUT2D eigenvalue weighted by molar-refractivity contribution is -0.141. The summed E-state index contributed by atoms with van der Waals surface area (Å²) in [5.74, 6) is 0.800. The summed E-state index contributed by atoms with van der Waals surface area (Å²) in [5.41, 5.74) is 1.14. The predicted octanol–water partition coefficient (Wildman–Crippen LogP) is 2.36. The van der Waals surface area contributed by atoms with Gasteiger partial charge in [0.1, 0.15) is 5.75 Å². The molecule has 1 aromatic rings. The predicted molar refractivity (Wildman–Crippen MR) is 58.0 cm³/mol. The number of rotatable bonds is 4. The Morgan fingerprint density at radius 3 is 2.40 bits per heavy atom. The first-order valence-corrected chi connectivity index (χ1v) is 4.90. The van der Waals surface area contributed by atoms with Crippen molar-refractivity contribution in [2.75, 3.05) is 13.7 Å². The molecule has 0 amide bonds. The van der Waals surface area contributed by atoms with Gasteiger partial charge in [0, 0.05) is 12.8 Å². The van der Waals surface area contributed by atoms with Crippen LogP contribution in [0, 0.1) is 0 Å². The molecule has 0 N–H and O–H groups in total. The Balaban J connectivity index is 2.57. The third kappa shape index (κ3) is 3.62. The molecule has 0 spiro atoms. The van der Waals surface area contributed by atoms with Gasteiger partial charge in [-0.15, -0.1) is 0 Å². The zero-order valence-electron chi connectivity index (χ0n) is 9.32. The van der Waals surface area contributed by atoms with Gasteiger partial charge in [-0.25, -0.2) is 0 Å². The van der Waals surface area contributed by atoms with Crippen LogP contribution in [0.1, 0.15) is 25.3 Å². The fourth-order valence-corrected chi connectivity index (χ4v) is 1.27. The highest BCUT2D eigenvalue weighted by molar-refractivity contribution is 5.65. The van der Waals surface area contributed by atoms with Gasteiger partial charge in [0.25, 0.3) is 0 Å². The second kappa shape index (κ2) is 5.39. The van der Waals surface area contributed by atoms with Crippen molar-refractivity contribution in [3.05, 3.63) is 29.8 Å². The van der Waals surface area contributed by atoms with Crippen LogP contribution >= 0.6 is 0 Å². The highest BCUT2D eigenvalue weighted by Crippen LogP contribution is 2.19. The van der Waals surface area contributed by atoms with E-state index in [4.69, 9.17) is 9.47 Å². The van der Waals surface area contributed by atoms with Crippen LogP contribution in [0.4, 0.5) is 0 Å². The summed E-state index contributed by atoms with van der Waals surface area (Å²) in [7, 11) is 1.64. The maximum atomic E-state index is 10.6. The molecule has 0 radical (unpaired) electrons. The fraction of sp³-hybridized carbons (Fsp3) is 0.417. The molecule has 0 saturated heterocycles. The Bertz CT molecular complexity index is 316. The van der Waals surface area contributed by atoms with Crippen molar-refractivity contribution in [2.24, 2.45) is 0 Å². The van der Waals surface area contributed by atoms with E-state index in [9.17, 15) is 4.79 Å². The molecule has 1 atom stereocenters. The van der Waals surface area contributed by atoms with Gasteiger partial charge in [-0.05, 0) is 17.7 Å². The maximum Gasteiger partial charge on any atom is 0.302 e. The van der Waals surface area contributed by atoms with Gasteiger partial charge in [-0.3, -0.25) is 4.79 Å². The normalized spacial score (nSPS) is 11.9. The maximum absolute atomic E-state index is 10.6. The number of hydrogen-bond donors (Lipinski definition) is 0. The summed E-state index contributed by atoms with van der Waals surface area (Å²) >= 11 is 0. The van der Waals surface area contributed by atoms with Crippen LogP contribution in [-0.4, -0.2) is 19.7 Å². The molecule has 0 aliphatic heterocycles. The van der Waals surface area contributed by atoms with E-state index in [1.807, 2.05) is 31.2 Å². The second-order valence-electron chi connectivity index (χ2n) is 3.48. The highest BCUT2D eigenvalue weighted by atomic mass is 16.5. The molecule has 0 aliphatic rings. The van der Waals surface area contributed by atoms with Gasteiger partial charge in [0.15, 0.2) is 0 Å². The Morgan fingerprint density at radius 1 is 1.33 bits per heavy atom. The van der Waals surface area contributed by atoms with Gasteiger partial charge in [-0.1, -0.05) is 19.1 Å².